The van der Waals surface area contributed by atoms with Crippen molar-refractivity contribution < 1.29 is 9.90 Å². The third-order valence-electron chi connectivity index (χ3n) is 3.02. The largest absolute Gasteiger partial charge is 0.506 e. The highest BCUT2D eigenvalue weighted by Gasteiger charge is 2.13. The number of hydrogen-bond acceptors (Lipinski definition) is 3. The number of carbonyl (C=O) groups excluding carboxylic acids is 1. The lowest BCUT2D eigenvalue weighted by Crippen LogP contribution is -2.26. The van der Waals surface area contributed by atoms with Gasteiger partial charge in [-0.1, -0.05) is 23.7 Å². The van der Waals surface area contributed by atoms with Crippen LogP contribution in [-0.4, -0.2) is 23.0 Å². The molecule has 21 heavy (non-hydrogen) atoms. The molecule has 5 heteroatoms. The second-order valence-corrected chi connectivity index (χ2v) is 5.05. The minimum Gasteiger partial charge on any atom is -0.506 e. The Bertz CT molecular complexity index is 722. The number of rotatable bonds is 3. The van der Waals surface area contributed by atoms with Crippen LogP contribution in [0.2, 0.25) is 5.02 Å². The summed E-state index contributed by atoms with van der Waals surface area (Å²) in [5.74, 6) is -0.267. The maximum Gasteiger partial charge on any atom is 0.253 e. The number of nitriles is 1. The molecule has 2 aromatic rings. The van der Waals surface area contributed by atoms with E-state index in [1.807, 2.05) is 6.07 Å². The molecule has 0 heterocycles. The standard InChI is InChI=1S/C16H13ClN2O2/c1-19(10-12-4-2-3-11(7-12)9-18)16(21)13-5-6-15(20)14(17)8-13/h2-8,20H,10H2,1H3. The summed E-state index contributed by atoms with van der Waals surface area (Å²) < 4.78 is 0. The average molecular weight is 301 g/mol. The van der Waals surface area contributed by atoms with E-state index in [9.17, 15) is 9.90 Å². The van der Waals surface area contributed by atoms with Gasteiger partial charge in [0.05, 0.1) is 16.7 Å². The smallest absolute Gasteiger partial charge is 0.253 e. The van der Waals surface area contributed by atoms with Gasteiger partial charge in [0, 0.05) is 19.2 Å². The van der Waals surface area contributed by atoms with Gasteiger partial charge in [-0.25, -0.2) is 0 Å². The van der Waals surface area contributed by atoms with Crippen molar-refractivity contribution in [3.63, 3.8) is 0 Å². The van der Waals surface area contributed by atoms with Gasteiger partial charge in [-0.05, 0) is 35.9 Å². The van der Waals surface area contributed by atoms with Crippen molar-refractivity contribution >= 4 is 17.5 Å². The Morgan fingerprint density at radius 3 is 2.76 bits per heavy atom. The Morgan fingerprint density at radius 1 is 1.33 bits per heavy atom. The first kappa shape index (κ1) is 14.9. The van der Waals surface area contributed by atoms with Crippen molar-refractivity contribution in [3.05, 3.63) is 64.2 Å². The number of halogens is 1. The summed E-state index contributed by atoms with van der Waals surface area (Å²) in [5.41, 5.74) is 1.83. The van der Waals surface area contributed by atoms with Crippen LogP contribution in [0.4, 0.5) is 0 Å². The normalized spacial score (nSPS) is 9.95. The molecule has 0 spiro atoms. The van der Waals surface area contributed by atoms with Crippen LogP contribution in [0.25, 0.3) is 0 Å². The van der Waals surface area contributed by atoms with Crippen molar-refractivity contribution in [3.8, 4) is 11.8 Å². The molecule has 0 atom stereocenters. The molecule has 1 amide bonds. The lowest BCUT2D eigenvalue weighted by molar-refractivity contribution is 0.0785. The Hall–Kier alpha value is -2.51. The van der Waals surface area contributed by atoms with Crippen LogP contribution >= 0.6 is 11.6 Å². The maximum absolute atomic E-state index is 12.3. The van der Waals surface area contributed by atoms with E-state index in [1.54, 1.807) is 25.2 Å². The van der Waals surface area contributed by atoms with Crippen molar-refractivity contribution in [2.24, 2.45) is 0 Å². The van der Waals surface area contributed by atoms with Crippen LogP contribution < -0.4 is 0 Å². The highest BCUT2D eigenvalue weighted by Crippen LogP contribution is 2.24. The van der Waals surface area contributed by atoms with Gasteiger partial charge in [-0.2, -0.15) is 5.26 Å². The minimum absolute atomic E-state index is 0.0578. The predicted octanol–water partition coefficient (Wildman–Crippen LogP) is 3.19. The van der Waals surface area contributed by atoms with Crippen molar-refractivity contribution in [2.45, 2.75) is 6.54 Å². The third-order valence-corrected chi connectivity index (χ3v) is 3.32. The second-order valence-electron chi connectivity index (χ2n) is 4.64. The topological polar surface area (TPSA) is 64.3 Å². The first-order valence-corrected chi connectivity index (χ1v) is 6.62. The number of amides is 1. The summed E-state index contributed by atoms with van der Waals surface area (Å²) in [6, 6.07) is 13.5. The number of nitrogens with zero attached hydrogens (tertiary/aromatic N) is 2. The van der Waals surface area contributed by atoms with Gasteiger partial charge in [0.25, 0.3) is 5.91 Å². The monoisotopic (exact) mass is 300 g/mol. The molecule has 0 aromatic heterocycles. The molecule has 0 aliphatic heterocycles. The summed E-state index contributed by atoms with van der Waals surface area (Å²) >= 11 is 5.81. The molecule has 2 aromatic carbocycles. The van der Waals surface area contributed by atoms with Gasteiger partial charge in [0.1, 0.15) is 5.75 Å². The first-order valence-electron chi connectivity index (χ1n) is 6.24. The van der Waals surface area contributed by atoms with E-state index < -0.39 is 0 Å². The number of carbonyl (C=O) groups is 1. The van der Waals surface area contributed by atoms with Crippen LogP contribution in [0.1, 0.15) is 21.5 Å². The van der Waals surface area contributed by atoms with Gasteiger partial charge in [-0.3, -0.25) is 4.79 Å². The molecule has 2 rings (SSSR count). The lowest BCUT2D eigenvalue weighted by Gasteiger charge is -2.17. The van der Waals surface area contributed by atoms with Gasteiger partial charge >= 0.3 is 0 Å². The van der Waals surface area contributed by atoms with E-state index in [4.69, 9.17) is 16.9 Å². The maximum atomic E-state index is 12.3. The molecule has 0 unspecified atom stereocenters. The van der Waals surface area contributed by atoms with E-state index in [2.05, 4.69) is 6.07 Å². The summed E-state index contributed by atoms with van der Waals surface area (Å²) in [5, 5.41) is 18.4. The molecular weight excluding hydrogens is 288 g/mol. The predicted molar refractivity (Wildman–Crippen MR) is 80.1 cm³/mol. The highest BCUT2D eigenvalue weighted by molar-refractivity contribution is 6.32. The second kappa shape index (κ2) is 6.29. The van der Waals surface area contributed by atoms with Crippen molar-refractivity contribution in [1.29, 1.82) is 5.26 Å². The molecular formula is C16H13ClN2O2. The SMILES string of the molecule is CN(Cc1cccc(C#N)c1)C(=O)c1ccc(O)c(Cl)c1. The minimum atomic E-state index is -0.209. The van der Waals surface area contributed by atoms with Crippen LogP contribution in [0.5, 0.6) is 5.75 Å². The zero-order chi connectivity index (χ0) is 15.4. The molecule has 0 saturated carbocycles. The summed E-state index contributed by atoms with van der Waals surface area (Å²) in [6.45, 7) is 0.382. The van der Waals surface area contributed by atoms with Gasteiger partial charge in [0.2, 0.25) is 0 Å². The van der Waals surface area contributed by atoms with Gasteiger partial charge in [-0.15, -0.1) is 0 Å². The Kier molecular flexibility index (Phi) is 4.46. The molecule has 4 nitrogen and oxygen atoms in total. The molecule has 0 saturated heterocycles. The molecule has 0 radical (unpaired) electrons. The molecule has 1 N–H and O–H groups in total. The summed E-state index contributed by atoms with van der Waals surface area (Å²) in [7, 11) is 1.67. The van der Waals surface area contributed by atoms with Gasteiger partial charge < -0.3 is 10.0 Å². The van der Waals surface area contributed by atoms with E-state index in [1.165, 1.54) is 23.1 Å². The number of phenolic OH excluding ortho intramolecular Hbond substituents is 1. The molecule has 0 fully saturated rings. The molecule has 0 aliphatic rings. The summed E-state index contributed by atoms with van der Waals surface area (Å²) in [6.07, 6.45) is 0. The number of benzene rings is 2. The van der Waals surface area contributed by atoms with E-state index in [0.29, 0.717) is 17.7 Å². The molecule has 0 bridgehead atoms. The Labute approximate surface area is 127 Å². The number of phenols is 1. The molecule has 106 valence electrons. The fourth-order valence-electron chi connectivity index (χ4n) is 1.95. The van der Waals surface area contributed by atoms with E-state index in [-0.39, 0.29) is 16.7 Å². The fourth-order valence-corrected chi connectivity index (χ4v) is 2.13. The van der Waals surface area contributed by atoms with Crippen molar-refractivity contribution in [2.75, 3.05) is 7.05 Å². The van der Waals surface area contributed by atoms with Crippen LogP contribution in [0.15, 0.2) is 42.5 Å². The number of hydrogen-bond donors (Lipinski definition) is 1. The zero-order valence-electron chi connectivity index (χ0n) is 11.4. The van der Waals surface area contributed by atoms with E-state index in [0.717, 1.165) is 5.56 Å². The Morgan fingerprint density at radius 2 is 2.10 bits per heavy atom. The third kappa shape index (κ3) is 3.53. The van der Waals surface area contributed by atoms with Crippen LogP contribution in [0, 0.1) is 11.3 Å². The van der Waals surface area contributed by atoms with Crippen LogP contribution in [-0.2, 0) is 6.54 Å². The van der Waals surface area contributed by atoms with Gasteiger partial charge in [0.15, 0.2) is 0 Å². The quantitative estimate of drug-likeness (QED) is 0.946. The highest BCUT2D eigenvalue weighted by atomic mass is 35.5. The first-order chi connectivity index (χ1) is 10.0. The van der Waals surface area contributed by atoms with E-state index >= 15 is 0 Å². The lowest BCUT2D eigenvalue weighted by atomic mass is 10.1. The fraction of sp³-hybridized carbons (Fsp3) is 0.125. The average Bonchev–Trinajstić information content (AvgIpc) is 2.49. The Balaban J connectivity index is 2.15. The molecule has 0 aliphatic carbocycles. The van der Waals surface area contributed by atoms with Crippen molar-refractivity contribution in [1.82, 2.24) is 4.90 Å². The van der Waals surface area contributed by atoms with Crippen LogP contribution in [0.3, 0.4) is 0 Å². The zero-order valence-corrected chi connectivity index (χ0v) is 12.1. The summed E-state index contributed by atoms with van der Waals surface area (Å²) in [4.78, 5) is 13.8. The number of aromatic hydroxyl groups is 1.